The molecule has 3 N–H and O–H groups in total. The SMILES string of the molecule is CC(C)C[C@H](NC(=O)OC(C)(C)C)[C@@H](O)CO. The molecule has 0 fully saturated rings. The van der Waals surface area contributed by atoms with E-state index in [2.05, 4.69) is 5.32 Å². The van der Waals surface area contributed by atoms with Crippen LogP contribution in [0.2, 0.25) is 0 Å². The number of aliphatic hydroxyl groups excluding tert-OH is 2. The molecule has 102 valence electrons. The van der Waals surface area contributed by atoms with Gasteiger partial charge in [0.15, 0.2) is 0 Å². The van der Waals surface area contributed by atoms with Gasteiger partial charge < -0.3 is 20.3 Å². The topological polar surface area (TPSA) is 78.8 Å². The van der Waals surface area contributed by atoms with Gasteiger partial charge in [-0.25, -0.2) is 4.79 Å². The van der Waals surface area contributed by atoms with Crippen molar-refractivity contribution >= 4 is 6.09 Å². The van der Waals surface area contributed by atoms with Gasteiger partial charge in [0.05, 0.1) is 18.8 Å². The van der Waals surface area contributed by atoms with E-state index in [4.69, 9.17) is 9.84 Å². The van der Waals surface area contributed by atoms with Gasteiger partial charge in [-0.2, -0.15) is 0 Å². The normalized spacial score (nSPS) is 15.5. The number of rotatable bonds is 5. The predicted molar refractivity (Wildman–Crippen MR) is 65.7 cm³/mol. The molecule has 0 rings (SSSR count). The van der Waals surface area contributed by atoms with Gasteiger partial charge >= 0.3 is 6.09 Å². The van der Waals surface area contributed by atoms with E-state index >= 15 is 0 Å². The Bertz CT molecular complexity index is 235. The summed E-state index contributed by atoms with van der Waals surface area (Å²) < 4.78 is 5.10. The maximum Gasteiger partial charge on any atom is 0.407 e. The average Bonchev–Trinajstić information content (AvgIpc) is 2.11. The second kappa shape index (κ2) is 6.81. The number of carbonyl (C=O) groups is 1. The summed E-state index contributed by atoms with van der Waals surface area (Å²) in [6, 6.07) is -0.491. The van der Waals surface area contributed by atoms with Crippen molar-refractivity contribution in [1.29, 1.82) is 0 Å². The first-order chi connectivity index (χ1) is 7.65. The minimum atomic E-state index is -0.968. The zero-order valence-corrected chi connectivity index (χ0v) is 11.4. The van der Waals surface area contributed by atoms with Crippen LogP contribution in [0.4, 0.5) is 4.79 Å². The highest BCUT2D eigenvalue weighted by Gasteiger charge is 2.24. The van der Waals surface area contributed by atoms with Crippen molar-refractivity contribution in [2.75, 3.05) is 6.61 Å². The molecule has 0 aromatic carbocycles. The van der Waals surface area contributed by atoms with Gasteiger partial charge in [0.2, 0.25) is 0 Å². The van der Waals surface area contributed by atoms with Crippen LogP contribution in [0.25, 0.3) is 0 Å². The number of alkyl carbamates (subject to hydrolysis) is 1. The van der Waals surface area contributed by atoms with Crippen molar-refractivity contribution in [3.05, 3.63) is 0 Å². The molecule has 5 nitrogen and oxygen atoms in total. The van der Waals surface area contributed by atoms with Gasteiger partial charge in [0, 0.05) is 0 Å². The van der Waals surface area contributed by atoms with Crippen LogP contribution in [0.5, 0.6) is 0 Å². The molecule has 0 aliphatic heterocycles. The van der Waals surface area contributed by atoms with Crippen LogP contribution in [0.1, 0.15) is 41.0 Å². The lowest BCUT2D eigenvalue weighted by Gasteiger charge is -2.26. The summed E-state index contributed by atoms with van der Waals surface area (Å²) in [6.45, 7) is 8.89. The summed E-state index contributed by atoms with van der Waals surface area (Å²) in [4.78, 5) is 11.5. The van der Waals surface area contributed by atoms with E-state index in [1.54, 1.807) is 20.8 Å². The number of hydrogen-bond donors (Lipinski definition) is 3. The van der Waals surface area contributed by atoms with E-state index in [1.807, 2.05) is 13.8 Å². The first-order valence-electron chi connectivity index (χ1n) is 5.94. The zero-order valence-electron chi connectivity index (χ0n) is 11.4. The van der Waals surface area contributed by atoms with Crippen LogP contribution in [0.3, 0.4) is 0 Å². The van der Waals surface area contributed by atoms with E-state index in [1.165, 1.54) is 0 Å². The average molecular weight is 247 g/mol. The van der Waals surface area contributed by atoms with Gasteiger partial charge in [-0.15, -0.1) is 0 Å². The number of nitrogens with one attached hydrogen (secondary N) is 1. The standard InChI is InChI=1S/C12H25NO4/c1-8(2)6-9(10(15)7-14)13-11(16)17-12(3,4)5/h8-10,14-15H,6-7H2,1-5H3,(H,13,16)/t9-,10-/m0/s1. The number of carbonyl (C=O) groups excluding carboxylic acids is 1. The summed E-state index contributed by atoms with van der Waals surface area (Å²) >= 11 is 0. The first kappa shape index (κ1) is 16.2. The minimum Gasteiger partial charge on any atom is -0.444 e. The quantitative estimate of drug-likeness (QED) is 0.684. The Morgan fingerprint density at radius 3 is 2.24 bits per heavy atom. The molecule has 1 amide bonds. The smallest absolute Gasteiger partial charge is 0.407 e. The van der Waals surface area contributed by atoms with Crippen LogP contribution in [-0.4, -0.2) is 40.7 Å². The summed E-state index contributed by atoms with van der Waals surface area (Å²) in [5, 5.41) is 21.1. The third kappa shape index (κ3) is 7.99. The molecule has 0 unspecified atom stereocenters. The third-order valence-electron chi connectivity index (χ3n) is 2.08. The molecule has 0 bridgehead atoms. The molecule has 17 heavy (non-hydrogen) atoms. The molecule has 0 heterocycles. The molecule has 5 heteroatoms. The van der Waals surface area contributed by atoms with E-state index in [-0.39, 0.29) is 6.61 Å². The lowest BCUT2D eigenvalue weighted by Crippen LogP contribution is -2.47. The predicted octanol–water partition coefficient (Wildman–Crippen LogP) is 1.28. The molecule has 0 aliphatic rings. The van der Waals surface area contributed by atoms with E-state index in [0.717, 1.165) is 0 Å². The second-order valence-corrected chi connectivity index (χ2v) is 5.63. The molecule has 0 spiro atoms. The second-order valence-electron chi connectivity index (χ2n) is 5.63. The molecule has 0 saturated heterocycles. The Kier molecular flexibility index (Phi) is 6.49. The molecular formula is C12H25NO4. The Labute approximate surface area is 103 Å². The van der Waals surface area contributed by atoms with Crippen LogP contribution < -0.4 is 5.32 Å². The number of amides is 1. The summed E-state index contributed by atoms with van der Waals surface area (Å²) in [6.07, 6.45) is -0.957. The molecule has 0 aromatic rings. The fraction of sp³-hybridized carbons (Fsp3) is 0.917. The Morgan fingerprint density at radius 1 is 1.35 bits per heavy atom. The van der Waals surface area contributed by atoms with Crippen molar-refractivity contribution in [3.63, 3.8) is 0 Å². The van der Waals surface area contributed by atoms with Gasteiger partial charge in [0.1, 0.15) is 5.60 Å². The number of hydrogen-bond acceptors (Lipinski definition) is 4. The minimum absolute atomic E-state index is 0.302. The Balaban J connectivity index is 4.37. The molecular weight excluding hydrogens is 222 g/mol. The monoisotopic (exact) mass is 247 g/mol. The van der Waals surface area contributed by atoms with Crippen molar-refractivity contribution < 1.29 is 19.7 Å². The van der Waals surface area contributed by atoms with Crippen molar-refractivity contribution in [1.82, 2.24) is 5.32 Å². The first-order valence-corrected chi connectivity index (χ1v) is 5.94. The largest absolute Gasteiger partial charge is 0.444 e. The van der Waals surface area contributed by atoms with Crippen LogP contribution >= 0.6 is 0 Å². The third-order valence-corrected chi connectivity index (χ3v) is 2.08. The lowest BCUT2D eigenvalue weighted by molar-refractivity contribution is 0.0286. The van der Waals surface area contributed by atoms with Crippen molar-refractivity contribution in [2.24, 2.45) is 5.92 Å². The highest BCUT2D eigenvalue weighted by Crippen LogP contribution is 2.11. The summed E-state index contributed by atoms with van der Waals surface area (Å²) in [5.74, 6) is 0.302. The van der Waals surface area contributed by atoms with Gasteiger partial charge in [-0.05, 0) is 33.1 Å². The fourth-order valence-corrected chi connectivity index (χ4v) is 1.41. The molecule has 0 radical (unpaired) electrons. The van der Waals surface area contributed by atoms with Crippen LogP contribution in [0.15, 0.2) is 0 Å². The van der Waals surface area contributed by atoms with E-state index in [9.17, 15) is 9.90 Å². The van der Waals surface area contributed by atoms with E-state index < -0.39 is 23.8 Å². The Morgan fingerprint density at radius 2 is 1.88 bits per heavy atom. The highest BCUT2D eigenvalue weighted by atomic mass is 16.6. The highest BCUT2D eigenvalue weighted by molar-refractivity contribution is 5.68. The maximum absolute atomic E-state index is 11.5. The van der Waals surface area contributed by atoms with Crippen molar-refractivity contribution in [2.45, 2.75) is 58.8 Å². The van der Waals surface area contributed by atoms with Gasteiger partial charge in [-0.1, -0.05) is 13.8 Å². The van der Waals surface area contributed by atoms with Gasteiger partial charge in [-0.3, -0.25) is 0 Å². The maximum atomic E-state index is 11.5. The lowest BCUT2D eigenvalue weighted by atomic mass is 10.00. The fourth-order valence-electron chi connectivity index (χ4n) is 1.41. The summed E-state index contributed by atoms with van der Waals surface area (Å²) in [7, 11) is 0. The molecule has 0 aliphatic carbocycles. The van der Waals surface area contributed by atoms with E-state index in [0.29, 0.717) is 12.3 Å². The zero-order chi connectivity index (χ0) is 13.6. The van der Waals surface area contributed by atoms with Crippen LogP contribution in [-0.2, 0) is 4.74 Å². The van der Waals surface area contributed by atoms with Crippen LogP contribution in [0, 0.1) is 5.92 Å². The number of aliphatic hydroxyl groups is 2. The van der Waals surface area contributed by atoms with Gasteiger partial charge in [0.25, 0.3) is 0 Å². The molecule has 2 atom stereocenters. The molecule has 0 aromatic heterocycles. The summed E-state index contributed by atoms with van der Waals surface area (Å²) in [5.41, 5.74) is -0.573. The molecule has 0 saturated carbocycles. The Hall–Kier alpha value is -0.810. The van der Waals surface area contributed by atoms with Crippen molar-refractivity contribution in [3.8, 4) is 0 Å². The number of ether oxygens (including phenoxy) is 1.